The number of phenols is 1. The van der Waals surface area contributed by atoms with E-state index >= 15 is 0 Å². The Hall–Kier alpha value is -2.18. The number of phenolic OH excluding ortho intramolecular Hbond substituents is 1. The van der Waals surface area contributed by atoms with Crippen molar-refractivity contribution in [1.82, 2.24) is 20.0 Å². The summed E-state index contributed by atoms with van der Waals surface area (Å²) in [6.07, 6.45) is 0. The Labute approximate surface area is 223 Å². The molecule has 2 heterocycles. The van der Waals surface area contributed by atoms with Crippen molar-refractivity contribution in [2.75, 3.05) is 0 Å². The Kier molecular flexibility index (Phi) is 8.35. The van der Waals surface area contributed by atoms with Gasteiger partial charge in [-0.3, -0.25) is 5.10 Å². The van der Waals surface area contributed by atoms with E-state index in [0.29, 0.717) is 11.6 Å². The maximum atomic E-state index is 13.1. The molecule has 0 amide bonds. The maximum Gasteiger partial charge on any atom is 1.00 e. The Morgan fingerprint density at radius 1 is 1.06 bits per heavy atom. The molecule has 0 unspecified atom stereocenters. The summed E-state index contributed by atoms with van der Waals surface area (Å²) in [4.78, 5) is -0.557. The van der Waals surface area contributed by atoms with Gasteiger partial charge in [-0.2, -0.15) is 0 Å². The fraction of sp³-hybridized carbons (Fsp3) is 0.450. The van der Waals surface area contributed by atoms with E-state index in [-0.39, 0.29) is 50.0 Å². The Morgan fingerprint density at radius 3 is 2.23 bits per heavy atom. The van der Waals surface area contributed by atoms with Crippen LogP contribution < -0.4 is 0 Å². The molecule has 15 heteroatoms. The Morgan fingerprint density at radius 2 is 1.69 bits per heavy atom. The molecule has 0 aliphatic carbocycles. The zero-order chi connectivity index (χ0) is 25.6. The predicted octanol–water partition coefficient (Wildman–Crippen LogP) is 6.22. The van der Waals surface area contributed by atoms with Gasteiger partial charge in [-0.25, -0.2) is 8.42 Å². The first kappa shape index (κ1) is 29.1. The van der Waals surface area contributed by atoms with E-state index in [2.05, 4.69) is 30.2 Å². The number of hydrogen-bond donors (Lipinski definition) is 1. The molecule has 194 valence electrons. The summed E-state index contributed by atoms with van der Waals surface area (Å²) >= 11 is 11.8. The number of hydrogen-bond acceptors (Lipinski definition) is 9. The number of aromatic hydroxyl groups is 1. The van der Waals surface area contributed by atoms with Crippen LogP contribution in [0.5, 0.6) is 5.75 Å². The molecule has 0 atom stereocenters. The summed E-state index contributed by atoms with van der Waals surface area (Å²) < 4.78 is 36.8. The zero-order valence-electron chi connectivity index (χ0n) is 19.9. The summed E-state index contributed by atoms with van der Waals surface area (Å²) in [6, 6.07) is 2.16. The minimum absolute atomic E-state index is 0. The van der Waals surface area contributed by atoms with E-state index in [1.807, 2.05) is 41.5 Å². The van der Waals surface area contributed by atoms with Crippen LogP contribution in [0.1, 0.15) is 53.1 Å². The minimum atomic E-state index is -4.47. The van der Waals surface area contributed by atoms with Crippen LogP contribution in [0.15, 0.2) is 31.7 Å². The van der Waals surface area contributed by atoms with Crippen molar-refractivity contribution in [2.24, 2.45) is 17.3 Å². The third kappa shape index (κ3) is 6.34. The number of halogens is 2. The number of sulfonamides is 1. The van der Waals surface area contributed by atoms with E-state index in [9.17, 15) is 13.5 Å². The van der Waals surface area contributed by atoms with Gasteiger partial charge in [-0.05, 0) is 25.0 Å². The molecule has 0 saturated heterocycles. The minimum Gasteiger partial charge on any atom is -0.505 e. The summed E-state index contributed by atoms with van der Waals surface area (Å²) in [5.41, 5.74) is -0.421. The van der Waals surface area contributed by atoms with Crippen LogP contribution in [0.25, 0.3) is 4.72 Å². The van der Waals surface area contributed by atoms with E-state index in [1.54, 1.807) is 0 Å². The molecule has 0 aliphatic rings. The molecule has 1 N–H and O–H groups in total. The second-order valence-corrected chi connectivity index (χ2v) is 12.0. The molecular weight excluding hydrogens is 569 g/mol. The van der Waals surface area contributed by atoms with Crippen LogP contribution >= 0.6 is 23.2 Å². The first-order valence-electron chi connectivity index (χ1n) is 10.00. The molecule has 35 heavy (non-hydrogen) atoms. The van der Waals surface area contributed by atoms with Gasteiger partial charge >= 0.3 is 23.1 Å². The smallest absolute Gasteiger partial charge is 0.505 e. The summed E-state index contributed by atoms with van der Waals surface area (Å²) in [5, 5.41) is 30.4. The normalized spacial score (nSPS) is 12.7. The molecule has 2 aromatic heterocycles. The van der Waals surface area contributed by atoms with Gasteiger partial charge in [-0.15, -0.1) is 10.2 Å². The van der Waals surface area contributed by atoms with Gasteiger partial charge in [0, 0.05) is 15.9 Å². The molecule has 0 aliphatic heterocycles. The van der Waals surface area contributed by atoms with Gasteiger partial charge in [0.1, 0.15) is 10.6 Å². The number of aromatic nitrogens is 4. The van der Waals surface area contributed by atoms with Crippen molar-refractivity contribution in [3.63, 3.8) is 0 Å². The molecule has 3 rings (SSSR count). The van der Waals surface area contributed by atoms with Crippen LogP contribution in [0.2, 0.25) is 10.0 Å². The molecule has 0 radical (unpaired) electrons. The summed E-state index contributed by atoms with van der Waals surface area (Å²) in [6.45, 7) is 11.3. The van der Waals surface area contributed by atoms with Crippen molar-refractivity contribution in [1.29, 1.82) is 0 Å². The molecule has 1 aromatic carbocycles. The largest absolute Gasteiger partial charge is 1.00 e. The van der Waals surface area contributed by atoms with Crippen LogP contribution in [0.3, 0.4) is 0 Å². The van der Waals surface area contributed by atoms with Gasteiger partial charge in [0.15, 0.2) is 5.75 Å². The third-order valence-electron chi connectivity index (χ3n) is 4.47. The van der Waals surface area contributed by atoms with Crippen molar-refractivity contribution < 1.29 is 35.0 Å². The average molecular weight is 593 g/mol. The van der Waals surface area contributed by atoms with Crippen molar-refractivity contribution in [3.05, 3.63) is 38.5 Å². The van der Waals surface area contributed by atoms with Crippen molar-refractivity contribution in [3.8, 4) is 5.75 Å². The first-order chi connectivity index (χ1) is 15.5. The molecule has 0 saturated carbocycles. The van der Waals surface area contributed by atoms with Crippen molar-refractivity contribution in [2.45, 2.75) is 57.3 Å². The molecule has 0 fully saturated rings. The SMILES string of the molecule is Cn1nc(C(C)(C)C)c(N=Nc2nnc(C(C)(C)C)o2)c1[N-]S(=O)(=O)c1cc(Cl)cc(Cl)c1O.[Cu+]. The van der Waals surface area contributed by atoms with Crippen LogP contribution in [0.4, 0.5) is 17.5 Å². The number of benzene rings is 1. The van der Waals surface area contributed by atoms with Crippen molar-refractivity contribution >= 4 is 50.7 Å². The van der Waals surface area contributed by atoms with E-state index in [0.717, 1.165) is 6.07 Å². The molecule has 11 nitrogen and oxygen atoms in total. The van der Waals surface area contributed by atoms with Crippen LogP contribution in [0, 0.1) is 0 Å². The van der Waals surface area contributed by atoms with Gasteiger partial charge < -0.3 is 18.9 Å². The monoisotopic (exact) mass is 591 g/mol. The number of aryl methyl sites for hydroxylation is 1. The molecular formula is C20H24Cl2CuN7O4S. The van der Waals surface area contributed by atoms with E-state index < -0.39 is 26.1 Å². The van der Waals surface area contributed by atoms with E-state index in [1.165, 1.54) is 17.8 Å². The van der Waals surface area contributed by atoms with E-state index in [4.69, 9.17) is 27.6 Å². The van der Waals surface area contributed by atoms with Gasteiger partial charge in [0.05, 0.1) is 10.7 Å². The Balaban J connectivity index is 0.00000432. The maximum absolute atomic E-state index is 13.1. The van der Waals surface area contributed by atoms with Gasteiger partial charge in [0.25, 0.3) is 0 Å². The number of nitrogens with zero attached hydrogens (tertiary/aromatic N) is 7. The molecule has 0 bridgehead atoms. The third-order valence-corrected chi connectivity index (χ3v) is 6.26. The first-order valence-corrected chi connectivity index (χ1v) is 12.2. The Bertz CT molecular complexity index is 1370. The van der Waals surface area contributed by atoms with Gasteiger partial charge in [-0.1, -0.05) is 75.0 Å². The topological polar surface area (TPSA) is 150 Å². The number of rotatable bonds is 5. The second kappa shape index (κ2) is 10.1. The van der Waals surface area contributed by atoms with Crippen LogP contribution in [-0.2, 0) is 45.0 Å². The van der Waals surface area contributed by atoms with Gasteiger partial charge in [0.2, 0.25) is 15.9 Å². The fourth-order valence-corrected chi connectivity index (χ4v) is 4.53. The summed E-state index contributed by atoms with van der Waals surface area (Å²) in [5.74, 6) is -0.430. The quantitative estimate of drug-likeness (QED) is 0.273. The number of azo groups is 1. The molecule has 0 spiro atoms. The van der Waals surface area contributed by atoms with Crippen LogP contribution in [-0.4, -0.2) is 33.5 Å². The standard InChI is InChI=1S/C20H24Cl2N7O4S.Cu/c1-19(2,3)15-13(23-25-18-26-24-17(33-18)20(4,5)6)16(29(7)27-15)28-34(31,32)12-9-10(21)8-11(22)14(12)30;/h8-9H,1-7H3,(H-,25,26,27,28,30);/q-1;+1. The average Bonchev–Trinajstić information content (AvgIpc) is 3.28. The summed E-state index contributed by atoms with van der Waals surface area (Å²) in [7, 11) is -2.96. The zero-order valence-corrected chi connectivity index (χ0v) is 23.2. The molecule has 3 aromatic rings. The second-order valence-electron chi connectivity index (χ2n) is 9.53. The fourth-order valence-electron chi connectivity index (χ4n) is 2.76. The predicted molar refractivity (Wildman–Crippen MR) is 127 cm³/mol.